The van der Waals surface area contributed by atoms with Crippen molar-refractivity contribution in [2.24, 2.45) is 7.05 Å². The number of hydrogen-bond acceptors (Lipinski definition) is 6. The Bertz CT molecular complexity index is 1090. The number of benzene rings is 1. The molecule has 1 heterocycles. The van der Waals surface area contributed by atoms with Crippen molar-refractivity contribution in [3.63, 3.8) is 0 Å². The number of rotatable bonds is 12. The summed E-state index contributed by atoms with van der Waals surface area (Å²) in [6.07, 6.45) is -3.93. The summed E-state index contributed by atoms with van der Waals surface area (Å²) in [4.78, 5) is 35.6. The summed E-state index contributed by atoms with van der Waals surface area (Å²) in [5.74, 6) is -0.971. The molecule has 1 aromatic carbocycles. The van der Waals surface area contributed by atoms with Crippen molar-refractivity contribution in [1.82, 2.24) is 14.3 Å². The minimum absolute atomic E-state index is 0.136. The molecule has 0 spiro atoms. The fraction of sp³-hybridized carbons (Fsp3) is 0.545. The Morgan fingerprint density at radius 2 is 1.74 bits per heavy atom. The van der Waals surface area contributed by atoms with Crippen LogP contribution in [0.25, 0.3) is 0 Å². The number of aryl methyl sites for hydroxylation is 2. The average molecular weight is 487 g/mol. The van der Waals surface area contributed by atoms with E-state index in [9.17, 15) is 27.6 Å². The first-order chi connectivity index (χ1) is 15.8. The number of aliphatic carboxylic acids is 1. The first-order valence-corrected chi connectivity index (χ1v) is 10.7. The van der Waals surface area contributed by atoms with E-state index in [1.165, 1.54) is 20.9 Å². The van der Waals surface area contributed by atoms with Gasteiger partial charge in [-0.2, -0.15) is 13.2 Å². The summed E-state index contributed by atoms with van der Waals surface area (Å²) < 4.78 is 49.5. The summed E-state index contributed by atoms with van der Waals surface area (Å²) in [7, 11) is 1.29. The molecule has 9 nitrogen and oxygen atoms in total. The van der Waals surface area contributed by atoms with Crippen LogP contribution in [-0.4, -0.2) is 43.8 Å². The predicted octanol–water partition coefficient (Wildman–Crippen LogP) is 2.93. The molecule has 0 saturated heterocycles. The molecule has 0 aliphatic heterocycles. The molecule has 0 atom stereocenters. The van der Waals surface area contributed by atoms with Crippen LogP contribution in [0.3, 0.4) is 0 Å². The van der Waals surface area contributed by atoms with Gasteiger partial charge in [0.25, 0.3) is 5.88 Å². The van der Waals surface area contributed by atoms with Crippen molar-refractivity contribution in [1.29, 1.82) is 0 Å². The number of alkyl halides is 3. The lowest BCUT2D eigenvalue weighted by atomic mass is 10.1. The van der Waals surface area contributed by atoms with E-state index in [1.807, 2.05) is 12.1 Å². The highest BCUT2D eigenvalue weighted by Crippen LogP contribution is 2.21. The van der Waals surface area contributed by atoms with E-state index in [2.05, 4.69) is 5.10 Å². The average Bonchev–Trinajstić information content (AvgIpc) is 2.74. The molecule has 12 heteroatoms. The van der Waals surface area contributed by atoms with E-state index in [0.29, 0.717) is 29.6 Å². The second kappa shape index (κ2) is 11.2. The monoisotopic (exact) mass is 487 g/mol. The maximum Gasteiger partial charge on any atom is 0.389 e. The second-order valence-electron chi connectivity index (χ2n) is 8.25. The molecule has 1 aromatic heterocycles. The SMILES string of the molecule is Cn1nc(OCCCCc2ccc(OC(C)(C)C(=O)O)cc2)c(=O)n(CCCC(F)(F)F)c1=O. The van der Waals surface area contributed by atoms with Gasteiger partial charge < -0.3 is 14.6 Å². The van der Waals surface area contributed by atoms with Crippen LogP contribution in [0.2, 0.25) is 0 Å². The zero-order valence-electron chi connectivity index (χ0n) is 19.2. The Labute approximate surface area is 193 Å². The molecule has 0 aliphatic carbocycles. The number of unbranched alkanes of at least 4 members (excludes halogenated alkanes) is 1. The second-order valence-corrected chi connectivity index (χ2v) is 8.25. The lowest BCUT2D eigenvalue weighted by Crippen LogP contribution is -2.41. The van der Waals surface area contributed by atoms with Crippen molar-refractivity contribution >= 4 is 5.97 Å². The van der Waals surface area contributed by atoms with Gasteiger partial charge in [0.1, 0.15) is 5.75 Å². The lowest BCUT2D eigenvalue weighted by molar-refractivity contribution is -0.152. The summed E-state index contributed by atoms with van der Waals surface area (Å²) in [6, 6.07) is 7.02. The normalized spacial score (nSPS) is 11.9. The van der Waals surface area contributed by atoms with E-state index < -0.39 is 41.8 Å². The standard InChI is InChI=1S/C22H28F3N3O6/c1-21(2,19(30)31)34-16-10-8-15(9-11-16)7-4-5-14-33-17-18(29)28(20(32)27(3)26-17)13-6-12-22(23,24)25/h8-11H,4-7,12-14H2,1-3H3,(H,30,31). The molecule has 0 unspecified atom stereocenters. The Hall–Kier alpha value is -3.31. The van der Waals surface area contributed by atoms with Gasteiger partial charge in [-0.1, -0.05) is 12.1 Å². The Morgan fingerprint density at radius 1 is 1.09 bits per heavy atom. The van der Waals surface area contributed by atoms with Gasteiger partial charge in [0.05, 0.1) is 6.61 Å². The molecular weight excluding hydrogens is 459 g/mol. The van der Waals surface area contributed by atoms with Crippen LogP contribution in [-0.2, 0) is 24.8 Å². The summed E-state index contributed by atoms with van der Waals surface area (Å²) in [5, 5.41) is 12.9. The Morgan fingerprint density at radius 3 is 2.32 bits per heavy atom. The van der Waals surface area contributed by atoms with E-state index in [1.54, 1.807) is 12.1 Å². The fourth-order valence-electron chi connectivity index (χ4n) is 2.99. The lowest BCUT2D eigenvalue weighted by Gasteiger charge is -2.21. The molecule has 0 saturated carbocycles. The number of carbonyl (C=O) groups is 1. The number of aromatic nitrogens is 3. The quantitative estimate of drug-likeness (QED) is 0.458. The third kappa shape index (κ3) is 7.92. The molecule has 34 heavy (non-hydrogen) atoms. The first-order valence-electron chi connectivity index (χ1n) is 10.7. The van der Waals surface area contributed by atoms with Gasteiger partial charge in [-0.3, -0.25) is 9.36 Å². The number of hydrogen-bond donors (Lipinski definition) is 1. The van der Waals surface area contributed by atoms with Crippen molar-refractivity contribution < 1.29 is 32.5 Å². The zero-order chi connectivity index (χ0) is 25.5. The Balaban J connectivity index is 1.86. The van der Waals surface area contributed by atoms with Crippen LogP contribution < -0.4 is 20.7 Å². The van der Waals surface area contributed by atoms with Gasteiger partial charge in [-0.25, -0.2) is 14.3 Å². The van der Waals surface area contributed by atoms with Gasteiger partial charge >= 0.3 is 23.4 Å². The summed E-state index contributed by atoms with van der Waals surface area (Å²) >= 11 is 0. The highest BCUT2D eigenvalue weighted by atomic mass is 19.4. The van der Waals surface area contributed by atoms with Crippen molar-refractivity contribution in [3.05, 3.63) is 50.7 Å². The number of carboxylic acid groups (broad SMARTS) is 1. The molecule has 0 aliphatic rings. The Kier molecular flexibility index (Phi) is 8.88. The third-order valence-corrected chi connectivity index (χ3v) is 4.93. The molecule has 0 amide bonds. The predicted molar refractivity (Wildman–Crippen MR) is 116 cm³/mol. The van der Waals surface area contributed by atoms with Gasteiger partial charge in [0, 0.05) is 20.0 Å². The minimum atomic E-state index is -4.37. The smallest absolute Gasteiger partial charge is 0.389 e. The van der Waals surface area contributed by atoms with Crippen molar-refractivity contribution in [2.45, 2.75) is 64.3 Å². The minimum Gasteiger partial charge on any atom is -0.478 e. The maximum absolute atomic E-state index is 12.4. The maximum atomic E-state index is 12.4. The number of halogens is 3. The van der Waals surface area contributed by atoms with Gasteiger partial charge in [0.2, 0.25) is 0 Å². The summed E-state index contributed by atoms with van der Waals surface area (Å²) in [6.45, 7) is 2.67. The molecule has 0 bridgehead atoms. The molecule has 2 rings (SSSR count). The highest BCUT2D eigenvalue weighted by Gasteiger charge is 2.29. The van der Waals surface area contributed by atoms with Gasteiger partial charge in [-0.15, -0.1) is 5.10 Å². The van der Waals surface area contributed by atoms with E-state index in [4.69, 9.17) is 14.6 Å². The van der Waals surface area contributed by atoms with Crippen LogP contribution >= 0.6 is 0 Å². The third-order valence-electron chi connectivity index (χ3n) is 4.93. The highest BCUT2D eigenvalue weighted by molar-refractivity contribution is 5.76. The first kappa shape index (κ1) is 26.9. The molecule has 188 valence electrons. The number of nitrogens with zero attached hydrogens (tertiary/aromatic N) is 3. The summed E-state index contributed by atoms with van der Waals surface area (Å²) in [5.41, 5.74) is -2.01. The topological polar surface area (TPSA) is 113 Å². The van der Waals surface area contributed by atoms with Crippen LogP contribution in [0.5, 0.6) is 11.6 Å². The molecule has 1 N–H and O–H groups in total. The molecule has 0 fully saturated rings. The number of carboxylic acids is 1. The molecule has 2 aromatic rings. The van der Waals surface area contributed by atoms with Crippen LogP contribution in [0, 0.1) is 0 Å². The van der Waals surface area contributed by atoms with E-state index >= 15 is 0 Å². The van der Waals surface area contributed by atoms with Crippen LogP contribution in [0.15, 0.2) is 33.9 Å². The molecule has 0 radical (unpaired) electrons. The van der Waals surface area contributed by atoms with Gasteiger partial charge in [-0.05, 0) is 57.2 Å². The number of ether oxygens (including phenoxy) is 2. The molecular formula is C22H28F3N3O6. The van der Waals surface area contributed by atoms with E-state index in [-0.39, 0.29) is 19.0 Å². The largest absolute Gasteiger partial charge is 0.478 e. The zero-order valence-corrected chi connectivity index (χ0v) is 19.2. The van der Waals surface area contributed by atoms with E-state index in [0.717, 1.165) is 10.2 Å². The van der Waals surface area contributed by atoms with Gasteiger partial charge in [0.15, 0.2) is 5.60 Å². The fourth-order valence-corrected chi connectivity index (χ4v) is 2.99. The van der Waals surface area contributed by atoms with Crippen LogP contribution in [0.4, 0.5) is 13.2 Å². The van der Waals surface area contributed by atoms with Crippen molar-refractivity contribution in [2.75, 3.05) is 6.61 Å². The van der Waals surface area contributed by atoms with Crippen molar-refractivity contribution in [3.8, 4) is 11.6 Å². The van der Waals surface area contributed by atoms with Crippen LogP contribution in [0.1, 0.15) is 45.1 Å².